The molecule has 0 fully saturated rings. The summed E-state index contributed by atoms with van der Waals surface area (Å²) < 4.78 is 2.10. The van der Waals surface area contributed by atoms with Gasteiger partial charge in [-0.25, -0.2) is 4.98 Å². The van der Waals surface area contributed by atoms with Crippen LogP contribution in [-0.2, 0) is 7.05 Å². The lowest BCUT2D eigenvalue weighted by Gasteiger charge is -1.98. The van der Waals surface area contributed by atoms with Crippen molar-refractivity contribution in [2.45, 2.75) is 6.92 Å². The van der Waals surface area contributed by atoms with Gasteiger partial charge in [0.05, 0.1) is 16.6 Å². The summed E-state index contributed by atoms with van der Waals surface area (Å²) in [6.45, 7) is 2.02. The minimum Gasteiger partial charge on any atom is -0.331 e. The van der Waals surface area contributed by atoms with E-state index in [0.717, 1.165) is 27.8 Å². The highest BCUT2D eigenvalue weighted by Crippen LogP contribution is 2.23. The van der Waals surface area contributed by atoms with Gasteiger partial charge in [-0.05, 0) is 31.2 Å². The number of aryl methyl sites for hydroxylation is 2. The van der Waals surface area contributed by atoms with Gasteiger partial charge in [-0.15, -0.1) is 0 Å². The van der Waals surface area contributed by atoms with Gasteiger partial charge in [0.15, 0.2) is 0 Å². The number of nitrogens with zero attached hydrogens (tertiary/aromatic N) is 3. The molecule has 0 aliphatic heterocycles. The van der Waals surface area contributed by atoms with E-state index < -0.39 is 0 Å². The molecule has 3 aromatic rings. The minimum atomic E-state index is 1.00. The zero-order valence-corrected chi connectivity index (χ0v) is 8.73. The van der Waals surface area contributed by atoms with Crippen LogP contribution in [0.15, 0.2) is 30.5 Å². The van der Waals surface area contributed by atoms with Crippen molar-refractivity contribution < 1.29 is 0 Å². The number of imidazole rings is 1. The van der Waals surface area contributed by atoms with E-state index in [9.17, 15) is 0 Å². The summed E-state index contributed by atoms with van der Waals surface area (Å²) in [6, 6.07) is 8.13. The molecule has 3 heteroatoms. The van der Waals surface area contributed by atoms with Crippen LogP contribution in [0.25, 0.3) is 21.9 Å². The fourth-order valence-electron chi connectivity index (χ4n) is 1.92. The summed E-state index contributed by atoms with van der Waals surface area (Å²) in [5, 5.41) is 1.12. The Morgan fingerprint density at radius 2 is 2.07 bits per heavy atom. The van der Waals surface area contributed by atoms with Crippen molar-refractivity contribution in [1.29, 1.82) is 0 Å². The number of benzene rings is 1. The van der Waals surface area contributed by atoms with Crippen LogP contribution in [0.3, 0.4) is 0 Å². The molecule has 0 unspecified atom stereocenters. The number of aromatic nitrogens is 3. The molecule has 0 saturated heterocycles. The van der Waals surface area contributed by atoms with Crippen LogP contribution in [0, 0.1) is 6.92 Å². The van der Waals surface area contributed by atoms with Crippen molar-refractivity contribution in [3.05, 3.63) is 36.3 Å². The average Bonchev–Trinajstić information content (AvgIpc) is 2.56. The van der Waals surface area contributed by atoms with Crippen molar-refractivity contribution in [1.82, 2.24) is 14.5 Å². The lowest BCUT2D eigenvalue weighted by molar-refractivity contribution is 0.886. The third-order valence-electron chi connectivity index (χ3n) is 2.86. The molecule has 15 heavy (non-hydrogen) atoms. The van der Waals surface area contributed by atoms with E-state index in [4.69, 9.17) is 0 Å². The summed E-state index contributed by atoms with van der Waals surface area (Å²) in [4.78, 5) is 8.88. The third-order valence-corrected chi connectivity index (χ3v) is 2.86. The molecule has 3 nitrogen and oxygen atoms in total. The predicted molar refractivity (Wildman–Crippen MR) is 60.8 cm³/mol. The summed E-state index contributed by atoms with van der Waals surface area (Å²) in [7, 11) is 2.03. The van der Waals surface area contributed by atoms with Gasteiger partial charge in [-0.3, -0.25) is 4.98 Å². The molecule has 0 atom stereocenters. The molecule has 0 radical (unpaired) electrons. The van der Waals surface area contributed by atoms with Gasteiger partial charge in [-0.2, -0.15) is 0 Å². The Morgan fingerprint density at radius 1 is 1.20 bits per heavy atom. The Kier molecular flexibility index (Phi) is 1.57. The normalized spacial score (nSPS) is 11.3. The van der Waals surface area contributed by atoms with Gasteiger partial charge in [0.1, 0.15) is 5.82 Å². The van der Waals surface area contributed by atoms with E-state index in [1.165, 1.54) is 0 Å². The Hall–Kier alpha value is -1.90. The van der Waals surface area contributed by atoms with Crippen molar-refractivity contribution in [2.75, 3.05) is 0 Å². The van der Waals surface area contributed by atoms with Gasteiger partial charge in [0, 0.05) is 18.6 Å². The largest absolute Gasteiger partial charge is 0.331 e. The molecule has 0 spiro atoms. The van der Waals surface area contributed by atoms with Crippen molar-refractivity contribution in [3.63, 3.8) is 0 Å². The molecule has 2 heterocycles. The second kappa shape index (κ2) is 2.79. The fourth-order valence-corrected chi connectivity index (χ4v) is 1.92. The first kappa shape index (κ1) is 8.41. The van der Waals surface area contributed by atoms with Gasteiger partial charge >= 0.3 is 0 Å². The van der Waals surface area contributed by atoms with E-state index in [1.54, 1.807) is 0 Å². The van der Waals surface area contributed by atoms with Crippen LogP contribution in [0.5, 0.6) is 0 Å². The molecule has 0 saturated carbocycles. The maximum atomic E-state index is 4.56. The number of fused-ring (bicyclic) bond motifs is 3. The Labute approximate surface area is 87.4 Å². The minimum absolute atomic E-state index is 1.00. The predicted octanol–water partition coefficient (Wildman–Crippen LogP) is 2.43. The maximum Gasteiger partial charge on any atom is 0.106 e. The van der Waals surface area contributed by atoms with Gasteiger partial charge in [0.25, 0.3) is 0 Å². The third kappa shape index (κ3) is 1.06. The zero-order valence-electron chi connectivity index (χ0n) is 8.73. The number of rotatable bonds is 0. The summed E-state index contributed by atoms with van der Waals surface area (Å²) in [5.74, 6) is 1.03. The van der Waals surface area contributed by atoms with Gasteiger partial charge < -0.3 is 4.57 Å². The highest BCUT2D eigenvalue weighted by atomic mass is 15.0. The monoisotopic (exact) mass is 197 g/mol. The number of hydrogen-bond donors (Lipinski definition) is 0. The Bertz CT molecular complexity index is 652. The van der Waals surface area contributed by atoms with E-state index in [1.807, 2.05) is 32.3 Å². The van der Waals surface area contributed by atoms with Crippen LogP contribution in [0.4, 0.5) is 0 Å². The van der Waals surface area contributed by atoms with Crippen molar-refractivity contribution >= 4 is 21.9 Å². The quantitative estimate of drug-likeness (QED) is 0.554. The lowest BCUT2D eigenvalue weighted by atomic mass is 10.2. The molecule has 0 aliphatic carbocycles. The van der Waals surface area contributed by atoms with E-state index in [-0.39, 0.29) is 0 Å². The van der Waals surface area contributed by atoms with Gasteiger partial charge in [0.2, 0.25) is 0 Å². The Morgan fingerprint density at radius 3 is 2.93 bits per heavy atom. The SMILES string of the molecule is Cc1nc2c3cccnc3ccc2n1C. The summed E-state index contributed by atoms with van der Waals surface area (Å²) >= 11 is 0. The molecule has 3 rings (SSSR count). The summed E-state index contributed by atoms with van der Waals surface area (Å²) in [5.41, 5.74) is 3.21. The van der Waals surface area contributed by atoms with Gasteiger partial charge in [-0.1, -0.05) is 0 Å². The first-order valence-electron chi connectivity index (χ1n) is 4.94. The zero-order chi connectivity index (χ0) is 10.4. The first-order chi connectivity index (χ1) is 7.27. The van der Waals surface area contributed by atoms with Crippen LogP contribution in [0.1, 0.15) is 5.82 Å². The lowest BCUT2D eigenvalue weighted by Crippen LogP contribution is -1.89. The number of hydrogen-bond acceptors (Lipinski definition) is 2. The van der Waals surface area contributed by atoms with Crippen LogP contribution in [-0.4, -0.2) is 14.5 Å². The second-order valence-electron chi connectivity index (χ2n) is 3.72. The van der Waals surface area contributed by atoms with E-state index >= 15 is 0 Å². The fraction of sp³-hybridized carbons (Fsp3) is 0.167. The van der Waals surface area contributed by atoms with Crippen LogP contribution in [0.2, 0.25) is 0 Å². The van der Waals surface area contributed by atoms with E-state index in [0.29, 0.717) is 0 Å². The highest BCUT2D eigenvalue weighted by molar-refractivity contribution is 6.02. The molecular formula is C12H11N3. The standard InChI is InChI=1S/C12H11N3/c1-8-14-12-9-4-3-7-13-10(9)5-6-11(12)15(8)2/h3-7H,1-2H3. The molecular weight excluding hydrogens is 186 g/mol. The maximum absolute atomic E-state index is 4.56. The topological polar surface area (TPSA) is 30.7 Å². The molecule has 1 aromatic carbocycles. The van der Waals surface area contributed by atoms with Crippen LogP contribution >= 0.6 is 0 Å². The molecule has 0 bridgehead atoms. The van der Waals surface area contributed by atoms with Crippen molar-refractivity contribution in [2.24, 2.45) is 7.05 Å². The molecule has 0 N–H and O–H groups in total. The van der Waals surface area contributed by atoms with E-state index in [2.05, 4.69) is 26.7 Å². The smallest absolute Gasteiger partial charge is 0.106 e. The second-order valence-corrected chi connectivity index (χ2v) is 3.72. The average molecular weight is 197 g/mol. The number of pyridine rings is 1. The molecule has 74 valence electrons. The first-order valence-corrected chi connectivity index (χ1v) is 4.94. The van der Waals surface area contributed by atoms with Crippen molar-refractivity contribution in [3.8, 4) is 0 Å². The summed E-state index contributed by atoms with van der Waals surface area (Å²) in [6.07, 6.45) is 1.81. The molecule has 0 aliphatic rings. The highest BCUT2D eigenvalue weighted by Gasteiger charge is 2.07. The molecule has 2 aromatic heterocycles. The molecule has 0 amide bonds. The van der Waals surface area contributed by atoms with Crippen LogP contribution < -0.4 is 0 Å². The Balaban J connectivity index is 2.60.